The summed E-state index contributed by atoms with van der Waals surface area (Å²) in [6.07, 6.45) is 0. The Hall–Kier alpha value is -2.66. The van der Waals surface area contributed by atoms with Gasteiger partial charge in [-0.3, -0.25) is 4.79 Å². The Labute approximate surface area is 147 Å². The Bertz CT molecular complexity index is 730. The predicted molar refractivity (Wildman–Crippen MR) is 93.8 cm³/mol. The Morgan fingerprint density at radius 2 is 1.48 bits per heavy atom. The van der Waals surface area contributed by atoms with Crippen molar-refractivity contribution in [3.05, 3.63) is 65.2 Å². The van der Waals surface area contributed by atoms with Gasteiger partial charge in [0.1, 0.15) is 12.4 Å². The molecule has 0 saturated carbocycles. The van der Waals surface area contributed by atoms with E-state index in [2.05, 4.69) is 0 Å². The van der Waals surface area contributed by atoms with Crippen molar-refractivity contribution in [3.63, 3.8) is 0 Å². The molecular formula is C20H22O5. The predicted octanol–water partition coefficient (Wildman–Crippen LogP) is 2.92. The zero-order chi connectivity index (χ0) is 18.4. The first kappa shape index (κ1) is 18.7. The first-order valence-electron chi connectivity index (χ1n) is 8.02. The highest BCUT2D eigenvalue weighted by atomic mass is 16.6. The lowest BCUT2D eigenvalue weighted by Crippen LogP contribution is -2.40. The molecule has 0 heterocycles. The molecule has 0 saturated heterocycles. The molecule has 5 heteroatoms. The van der Waals surface area contributed by atoms with E-state index in [9.17, 15) is 9.59 Å². The number of ether oxygens (including phenoxy) is 2. The van der Waals surface area contributed by atoms with Gasteiger partial charge in [0, 0.05) is 11.1 Å². The van der Waals surface area contributed by atoms with E-state index in [-0.39, 0.29) is 19.0 Å². The number of esters is 1. The van der Waals surface area contributed by atoms with E-state index in [1.54, 1.807) is 50.2 Å². The number of ketones is 1. The second kappa shape index (κ2) is 7.94. The third-order valence-corrected chi connectivity index (χ3v) is 3.62. The van der Waals surface area contributed by atoms with Crippen LogP contribution in [0, 0.1) is 6.92 Å². The molecular weight excluding hydrogens is 320 g/mol. The summed E-state index contributed by atoms with van der Waals surface area (Å²) < 4.78 is 10.5. The van der Waals surface area contributed by atoms with E-state index in [0.29, 0.717) is 16.9 Å². The van der Waals surface area contributed by atoms with Crippen LogP contribution in [0.15, 0.2) is 48.5 Å². The van der Waals surface area contributed by atoms with Crippen LogP contribution in [0.3, 0.4) is 0 Å². The molecule has 0 fully saturated rings. The topological polar surface area (TPSA) is 72.8 Å². The first-order valence-corrected chi connectivity index (χ1v) is 8.02. The van der Waals surface area contributed by atoms with Crippen LogP contribution in [-0.4, -0.2) is 35.7 Å². The quantitative estimate of drug-likeness (QED) is 0.619. The minimum Gasteiger partial charge on any atom is -0.476 e. The van der Waals surface area contributed by atoms with E-state index in [1.807, 2.05) is 19.1 Å². The van der Waals surface area contributed by atoms with Crippen LogP contribution < -0.4 is 4.74 Å². The summed E-state index contributed by atoms with van der Waals surface area (Å²) in [6, 6.07) is 14.0. The van der Waals surface area contributed by atoms with E-state index in [1.165, 1.54) is 0 Å². The molecule has 2 aromatic carbocycles. The fourth-order valence-corrected chi connectivity index (χ4v) is 2.19. The summed E-state index contributed by atoms with van der Waals surface area (Å²) in [5.41, 5.74) is 1.05. The van der Waals surface area contributed by atoms with Gasteiger partial charge in [-0.15, -0.1) is 0 Å². The fraction of sp³-hybridized carbons (Fsp3) is 0.300. The molecule has 0 unspecified atom stereocenters. The number of carbonyl (C=O) groups is 2. The molecule has 0 radical (unpaired) electrons. The van der Waals surface area contributed by atoms with Crippen molar-refractivity contribution < 1.29 is 24.2 Å². The zero-order valence-corrected chi connectivity index (χ0v) is 14.6. The molecule has 0 amide bonds. The smallest absolute Gasteiger partial charge is 0.349 e. The zero-order valence-electron chi connectivity index (χ0n) is 14.6. The number of aliphatic hydroxyl groups is 1. The Balaban J connectivity index is 2.07. The SMILES string of the molecule is Cc1ccc(C(=O)c2ccc(OC(C)(C)C(=O)OCCO)cc2)cc1. The summed E-state index contributed by atoms with van der Waals surface area (Å²) in [5.74, 6) is -0.194. The normalized spacial score (nSPS) is 11.0. The molecule has 2 aromatic rings. The first-order chi connectivity index (χ1) is 11.8. The summed E-state index contributed by atoms with van der Waals surface area (Å²) in [5, 5.41) is 8.71. The molecule has 0 bridgehead atoms. The maximum Gasteiger partial charge on any atom is 0.349 e. The van der Waals surface area contributed by atoms with Crippen LogP contribution in [-0.2, 0) is 9.53 Å². The number of aliphatic hydroxyl groups excluding tert-OH is 1. The van der Waals surface area contributed by atoms with Gasteiger partial charge in [0.05, 0.1) is 6.61 Å². The number of hydrogen-bond donors (Lipinski definition) is 1. The van der Waals surface area contributed by atoms with Gasteiger partial charge in [-0.25, -0.2) is 4.79 Å². The minimum atomic E-state index is -1.20. The number of carbonyl (C=O) groups excluding carboxylic acids is 2. The van der Waals surface area contributed by atoms with Crippen LogP contribution in [0.5, 0.6) is 5.75 Å². The van der Waals surface area contributed by atoms with Crippen LogP contribution in [0.2, 0.25) is 0 Å². The molecule has 0 aromatic heterocycles. The van der Waals surface area contributed by atoms with Gasteiger partial charge < -0.3 is 14.6 Å². The second-order valence-electron chi connectivity index (χ2n) is 6.19. The maximum atomic E-state index is 12.4. The van der Waals surface area contributed by atoms with Gasteiger partial charge >= 0.3 is 5.97 Å². The highest BCUT2D eigenvalue weighted by Gasteiger charge is 2.31. The number of benzene rings is 2. The number of rotatable bonds is 7. The van der Waals surface area contributed by atoms with Gasteiger partial charge in [0.2, 0.25) is 0 Å². The standard InChI is InChI=1S/C20H22O5/c1-14-4-6-15(7-5-14)18(22)16-8-10-17(11-9-16)25-20(2,3)19(23)24-13-12-21/h4-11,21H,12-13H2,1-3H3. The van der Waals surface area contributed by atoms with Gasteiger partial charge in [0.25, 0.3) is 0 Å². The Kier molecular flexibility index (Phi) is 5.93. The lowest BCUT2D eigenvalue weighted by molar-refractivity contribution is -0.160. The molecule has 1 N–H and O–H groups in total. The summed E-state index contributed by atoms with van der Waals surface area (Å²) in [6.45, 7) is 4.82. The van der Waals surface area contributed by atoms with Crippen LogP contribution in [0.25, 0.3) is 0 Å². The average Bonchev–Trinajstić information content (AvgIpc) is 2.60. The van der Waals surface area contributed by atoms with Crippen molar-refractivity contribution in [2.75, 3.05) is 13.2 Å². The highest BCUT2D eigenvalue weighted by Crippen LogP contribution is 2.21. The third kappa shape index (κ3) is 4.90. The van der Waals surface area contributed by atoms with E-state index in [0.717, 1.165) is 5.56 Å². The molecule has 0 aliphatic heterocycles. The van der Waals surface area contributed by atoms with Gasteiger partial charge in [-0.05, 0) is 45.0 Å². The summed E-state index contributed by atoms with van der Waals surface area (Å²) in [7, 11) is 0. The highest BCUT2D eigenvalue weighted by molar-refractivity contribution is 6.09. The van der Waals surface area contributed by atoms with Crippen LogP contribution >= 0.6 is 0 Å². The van der Waals surface area contributed by atoms with Crippen molar-refractivity contribution in [2.24, 2.45) is 0 Å². The van der Waals surface area contributed by atoms with E-state index in [4.69, 9.17) is 14.6 Å². The van der Waals surface area contributed by atoms with Gasteiger partial charge in [-0.2, -0.15) is 0 Å². The number of hydrogen-bond acceptors (Lipinski definition) is 5. The van der Waals surface area contributed by atoms with Crippen molar-refractivity contribution in [3.8, 4) is 5.75 Å². The summed E-state index contributed by atoms with van der Waals surface area (Å²) >= 11 is 0. The Morgan fingerprint density at radius 3 is 2.00 bits per heavy atom. The fourth-order valence-electron chi connectivity index (χ4n) is 2.19. The Morgan fingerprint density at radius 1 is 0.960 bits per heavy atom. The molecule has 25 heavy (non-hydrogen) atoms. The van der Waals surface area contributed by atoms with Crippen molar-refractivity contribution >= 4 is 11.8 Å². The maximum absolute atomic E-state index is 12.4. The monoisotopic (exact) mass is 342 g/mol. The largest absolute Gasteiger partial charge is 0.476 e. The molecule has 0 aliphatic rings. The third-order valence-electron chi connectivity index (χ3n) is 3.62. The van der Waals surface area contributed by atoms with Crippen molar-refractivity contribution in [1.82, 2.24) is 0 Å². The van der Waals surface area contributed by atoms with E-state index < -0.39 is 11.6 Å². The van der Waals surface area contributed by atoms with Gasteiger partial charge in [-0.1, -0.05) is 29.8 Å². The van der Waals surface area contributed by atoms with Crippen LogP contribution in [0.1, 0.15) is 35.3 Å². The number of aryl methyl sites for hydroxylation is 1. The minimum absolute atomic E-state index is 0.0738. The lowest BCUT2D eigenvalue weighted by atomic mass is 10.0. The van der Waals surface area contributed by atoms with Crippen molar-refractivity contribution in [2.45, 2.75) is 26.4 Å². The molecule has 0 aliphatic carbocycles. The van der Waals surface area contributed by atoms with Gasteiger partial charge in [0.15, 0.2) is 11.4 Å². The van der Waals surface area contributed by atoms with Crippen molar-refractivity contribution in [1.29, 1.82) is 0 Å². The molecule has 0 atom stereocenters. The molecule has 132 valence electrons. The molecule has 5 nitrogen and oxygen atoms in total. The second-order valence-corrected chi connectivity index (χ2v) is 6.19. The summed E-state index contributed by atoms with van der Waals surface area (Å²) in [4.78, 5) is 24.3. The lowest BCUT2D eigenvalue weighted by Gasteiger charge is -2.24. The average molecular weight is 342 g/mol. The molecule has 2 rings (SSSR count). The van der Waals surface area contributed by atoms with E-state index >= 15 is 0 Å². The van der Waals surface area contributed by atoms with Crippen LogP contribution in [0.4, 0.5) is 0 Å². The molecule has 0 spiro atoms.